The van der Waals surface area contributed by atoms with Crippen LogP contribution in [0.25, 0.3) is 10.9 Å². The first kappa shape index (κ1) is 17.9. The Kier molecular flexibility index (Phi) is 5.71. The van der Waals surface area contributed by atoms with E-state index in [9.17, 15) is 0 Å². The lowest BCUT2D eigenvalue weighted by molar-refractivity contribution is -0.122. The second kappa shape index (κ2) is 7.97. The molecule has 4 rings (SSSR count). The van der Waals surface area contributed by atoms with Gasteiger partial charge >= 0.3 is 0 Å². The zero-order chi connectivity index (χ0) is 17.7. The van der Waals surface area contributed by atoms with Crippen LogP contribution < -0.4 is 0 Å². The van der Waals surface area contributed by atoms with E-state index in [2.05, 4.69) is 33.3 Å². The molecule has 0 radical (unpaired) electrons. The van der Waals surface area contributed by atoms with Crippen molar-refractivity contribution in [3.63, 3.8) is 0 Å². The first-order valence-corrected chi connectivity index (χ1v) is 8.96. The fraction of sp³-hybridized carbons (Fsp3) is 0.579. The molecule has 6 nitrogen and oxygen atoms in total. The highest BCUT2D eigenvalue weighted by molar-refractivity contribution is 5.78. The molecule has 0 unspecified atom stereocenters. The molecule has 1 saturated heterocycles. The standard InChI is InChI=1S/C18H25N3O.CH2O2/c1-22-17-4-2-7-18(17)8-3-9-21(13-18)12-14-5-6-15-11-19-20-16(15)10-14;2-1-3/h5-6,10-11,17H,2-4,7-9,12-13H2,1H3,(H,19,20);1H,(H,2,3)/t17-,18-;/m1./s1. The number of fused-ring (bicyclic) bond motifs is 1. The van der Waals surface area contributed by atoms with Crippen LogP contribution in [0.5, 0.6) is 0 Å². The lowest BCUT2D eigenvalue weighted by Crippen LogP contribution is -2.47. The summed E-state index contributed by atoms with van der Waals surface area (Å²) in [6.07, 6.45) is 8.88. The summed E-state index contributed by atoms with van der Waals surface area (Å²) in [5, 5.41) is 15.3. The van der Waals surface area contributed by atoms with Gasteiger partial charge in [-0.25, -0.2) is 0 Å². The number of methoxy groups -OCH3 is 1. The van der Waals surface area contributed by atoms with Gasteiger partial charge in [0.2, 0.25) is 0 Å². The molecule has 25 heavy (non-hydrogen) atoms. The summed E-state index contributed by atoms with van der Waals surface area (Å²) in [6.45, 7) is 3.18. The van der Waals surface area contributed by atoms with E-state index in [1.165, 1.54) is 56.1 Å². The molecule has 2 atom stereocenters. The summed E-state index contributed by atoms with van der Waals surface area (Å²) in [6, 6.07) is 6.65. The summed E-state index contributed by atoms with van der Waals surface area (Å²) in [4.78, 5) is 11.0. The quantitative estimate of drug-likeness (QED) is 0.836. The third-order valence-electron chi connectivity index (χ3n) is 5.71. The Morgan fingerprint density at radius 2 is 2.24 bits per heavy atom. The van der Waals surface area contributed by atoms with Crippen LogP contribution >= 0.6 is 0 Å². The first-order chi connectivity index (χ1) is 12.2. The molecule has 1 spiro atoms. The average molecular weight is 345 g/mol. The van der Waals surface area contributed by atoms with Crippen molar-refractivity contribution < 1.29 is 14.6 Å². The number of aromatic amines is 1. The Morgan fingerprint density at radius 1 is 1.44 bits per heavy atom. The molecule has 2 fully saturated rings. The van der Waals surface area contributed by atoms with Crippen LogP contribution in [0.3, 0.4) is 0 Å². The van der Waals surface area contributed by atoms with Crippen LogP contribution in [0.4, 0.5) is 0 Å². The molecular formula is C19H27N3O3. The van der Waals surface area contributed by atoms with Gasteiger partial charge in [0.05, 0.1) is 17.8 Å². The zero-order valence-electron chi connectivity index (χ0n) is 14.8. The van der Waals surface area contributed by atoms with Crippen LogP contribution in [0.2, 0.25) is 0 Å². The SMILES string of the molecule is CO[C@@H]1CCC[C@]12CCCN(Cc1ccc3cn[nH]c3c1)C2.O=CO. The number of piperidine rings is 1. The number of ether oxygens (including phenoxy) is 1. The smallest absolute Gasteiger partial charge is 0.290 e. The highest BCUT2D eigenvalue weighted by Gasteiger charge is 2.45. The van der Waals surface area contributed by atoms with E-state index in [0.717, 1.165) is 12.1 Å². The van der Waals surface area contributed by atoms with Crippen LogP contribution in [-0.2, 0) is 16.1 Å². The van der Waals surface area contributed by atoms with E-state index in [1.54, 1.807) is 0 Å². The summed E-state index contributed by atoms with van der Waals surface area (Å²) >= 11 is 0. The molecule has 2 heterocycles. The number of nitrogens with zero attached hydrogens (tertiary/aromatic N) is 2. The Morgan fingerprint density at radius 3 is 3.04 bits per heavy atom. The molecular weight excluding hydrogens is 318 g/mol. The molecule has 0 amide bonds. The number of likely N-dealkylation sites (tertiary alicyclic amines) is 1. The largest absolute Gasteiger partial charge is 0.483 e. The van der Waals surface area contributed by atoms with Gasteiger partial charge in [0.1, 0.15) is 0 Å². The van der Waals surface area contributed by atoms with E-state index in [4.69, 9.17) is 14.6 Å². The van der Waals surface area contributed by atoms with E-state index in [1.807, 2.05) is 13.3 Å². The number of benzene rings is 1. The zero-order valence-corrected chi connectivity index (χ0v) is 14.8. The third kappa shape index (κ3) is 3.85. The number of hydrogen-bond acceptors (Lipinski definition) is 4. The van der Waals surface area contributed by atoms with E-state index >= 15 is 0 Å². The number of carboxylic acid groups (broad SMARTS) is 1. The number of carbonyl (C=O) groups is 1. The number of rotatable bonds is 3. The van der Waals surface area contributed by atoms with Crippen molar-refractivity contribution in [1.82, 2.24) is 15.1 Å². The molecule has 2 aliphatic rings. The second-order valence-electron chi connectivity index (χ2n) is 7.19. The fourth-order valence-corrected chi connectivity index (χ4v) is 4.68. The maximum absolute atomic E-state index is 8.36. The van der Waals surface area contributed by atoms with Gasteiger partial charge in [0.25, 0.3) is 6.47 Å². The van der Waals surface area contributed by atoms with Crippen molar-refractivity contribution in [2.45, 2.75) is 44.8 Å². The monoisotopic (exact) mass is 345 g/mol. The summed E-state index contributed by atoms with van der Waals surface area (Å²) < 4.78 is 5.81. The van der Waals surface area contributed by atoms with Crippen molar-refractivity contribution in [1.29, 1.82) is 0 Å². The van der Waals surface area contributed by atoms with Crippen molar-refractivity contribution in [3.05, 3.63) is 30.0 Å². The molecule has 0 bridgehead atoms. The fourth-order valence-electron chi connectivity index (χ4n) is 4.68. The molecule has 2 N–H and O–H groups in total. The molecule has 136 valence electrons. The Balaban J connectivity index is 0.000000569. The number of hydrogen-bond donors (Lipinski definition) is 2. The minimum atomic E-state index is -0.250. The second-order valence-corrected chi connectivity index (χ2v) is 7.19. The summed E-state index contributed by atoms with van der Waals surface area (Å²) in [5.41, 5.74) is 2.92. The van der Waals surface area contributed by atoms with Gasteiger partial charge in [-0.15, -0.1) is 0 Å². The maximum atomic E-state index is 8.36. The lowest BCUT2D eigenvalue weighted by Gasteiger charge is -2.43. The number of H-pyrrole nitrogens is 1. The third-order valence-corrected chi connectivity index (χ3v) is 5.71. The predicted molar refractivity (Wildman–Crippen MR) is 96.4 cm³/mol. The van der Waals surface area contributed by atoms with Gasteiger partial charge in [-0.1, -0.05) is 18.6 Å². The molecule has 1 aromatic heterocycles. The van der Waals surface area contributed by atoms with Crippen molar-refractivity contribution in [2.24, 2.45) is 5.41 Å². The predicted octanol–water partition coefficient (Wildman–Crippen LogP) is 3.04. The van der Waals surface area contributed by atoms with Crippen molar-refractivity contribution in [3.8, 4) is 0 Å². The highest BCUT2D eigenvalue weighted by Crippen LogP contribution is 2.46. The molecule has 1 aliphatic carbocycles. The lowest BCUT2D eigenvalue weighted by atomic mass is 9.76. The molecule has 1 aliphatic heterocycles. The van der Waals surface area contributed by atoms with Gasteiger partial charge in [0.15, 0.2) is 0 Å². The molecule has 1 aromatic carbocycles. The Hall–Kier alpha value is -1.92. The number of aromatic nitrogens is 2. The van der Waals surface area contributed by atoms with Crippen LogP contribution in [0, 0.1) is 5.41 Å². The summed E-state index contributed by atoms with van der Waals surface area (Å²) in [7, 11) is 1.89. The Bertz CT molecular complexity index is 702. The Labute approximate surface area is 148 Å². The molecule has 1 saturated carbocycles. The van der Waals surface area contributed by atoms with E-state index in [-0.39, 0.29) is 6.47 Å². The minimum Gasteiger partial charge on any atom is -0.483 e. The normalized spacial score (nSPS) is 26.5. The molecule has 2 aromatic rings. The van der Waals surface area contributed by atoms with Crippen LogP contribution in [-0.4, -0.2) is 53.0 Å². The van der Waals surface area contributed by atoms with Crippen LogP contribution in [0.15, 0.2) is 24.4 Å². The van der Waals surface area contributed by atoms with Gasteiger partial charge in [0, 0.05) is 31.0 Å². The number of nitrogens with one attached hydrogen (secondary N) is 1. The molecule has 6 heteroatoms. The van der Waals surface area contributed by atoms with Gasteiger partial charge in [-0.3, -0.25) is 14.8 Å². The van der Waals surface area contributed by atoms with Gasteiger partial charge in [-0.2, -0.15) is 5.10 Å². The average Bonchev–Trinajstić information content (AvgIpc) is 3.22. The van der Waals surface area contributed by atoms with Gasteiger partial charge in [-0.05, 0) is 43.9 Å². The minimum absolute atomic E-state index is 0.250. The van der Waals surface area contributed by atoms with Crippen molar-refractivity contribution in [2.75, 3.05) is 20.2 Å². The summed E-state index contributed by atoms with van der Waals surface area (Å²) in [5.74, 6) is 0. The topological polar surface area (TPSA) is 78.5 Å². The van der Waals surface area contributed by atoms with Crippen molar-refractivity contribution >= 4 is 17.4 Å². The van der Waals surface area contributed by atoms with E-state index < -0.39 is 0 Å². The van der Waals surface area contributed by atoms with Crippen LogP contribution in [0.1, 0.15) is 37.7 Å². The first-order valence-electron chi connectivity index (χ1n) is 8.96. The van der Waals surface area contributed by atoms with Gasteiger partial charge < -0.3 is 9.84 Å². The van der Waals surface area contributed by atoms with E-state index in [0.29, 0.717) is 11.5 Å². The maximum Gasteiger partial charge on any atom is 0.290 e. The highest BCUT2D eigenvalue weighted by atomic mass is 16.5.